The van der Waals surface area contributed by atoms with E-state index in [1.54, 1.807) is 19.1 Å². The van der Waals surface area contributed by atoms with E-state index in [0.29, 0.717) is 5.92 Å². The molecule has 0 aromatic heterocycles. The lowest BCUT2D eigenvalue weighted by atomic mass is 9.85. The maximum absolute atomic E-state index is 12.3. The van der Waals surface area contributed by atoms with Gasteiger partial charge in [0.15, 0.2) is 5.60 Å². The summed E-state index contributed by atoms with van der Waals surface area (Å²) in [5.74, 6) is -0.229. The first kappa shape index (κ1) is 14.5. The molecule has 3 aliphatic heterocycles. The Morgan fingerprint density at radius 2 is 2.05 bits per heavy atom. The van der Waals surface area contributed by atoms with Gasteiger partial charge >= 0.3 is 5.97 Å². The summed E-state index contributed by atoms with van der Waals surface area (Å²) in [6.45, 7) is 8.51. The molecule has 0 amide bonds. The molecule has 0 aromatic carbocycles. The second-order valence-electron chi connectivity index (χ2n) is 6.06. The lowest BCUT2D eigenvalue weighted by molar-refractivity contribution is -0.179. The molecule has 3 heterocycles. The third-order valence-electron chi connectivity index (χ3n) is 4.48. The molecule has 0 radical (unpaired) electrons. The summed E-state index contributed by atoms with van der Waals surface area (Å²) in [4.78, 5) is 14.6. The van der Waals surface area contributed by atoms with Crippen molar-refractivity contribution in [1.29, 1.82) is 0 Å². The first-order valence-corrected chi connectivity index (χ1v) is 7.27. The lowest BCUT2D eigenvalue weighted by Gasteiger charge is -2.44. The molecule has 4 heteroatoms. The van der Waals surface area contributed by atoms with Crippen molar-refractivity contribution in [1.82, 2.24) is 4.90 Å². The molecule has 3 aliphatic rings. The molecule has 4 nitrogen and oxygen atoms in total. The van der Waals surface area contributed by atoms with E-state index in [0.717, 1.165) is 32.5 Å². The molecule has 0 aliphatic carbocycles. The Bertz CT molecular complexity index is 358. The van der Waals surface area contributed by atoms with Crippen LogP contribution in [0.3, 0.4) is 0 Å². The molecule has 0 spiro atoms. The number of fused-ring (bicyclic) bond motifs is 3. The summed E-state index contributed by atoms with van der Waals surface area (Å²) < 4.78 is 5.62. The van der Waals surface area contributed by atoms with Crippen LogP contribution >= 0.6 is 0 Å². The van der Waals surface area contributed by atoms with Crippen LogP contribution in [0.5, 0.6) is 0 Å². The zero-order chi connectivity index (χ0) is 14.0. The third kappa shape index (κ3) is 2.84. The van der Waals surface area contributed by atoms with E-state index in [-0.39, 0.29) is 12.0 Å². The molecule has 1 N–H and O–H groups in total. The van der Waals surface area contributed by atoms with Crippen LogP contribution in [0.4, 0.5) is 0 Å². The number of hydrogen-bond acceptors (Lipinski definition) is 4. The highest BCUT2D eigenvalue weighted by Crippen LogP contribution is 2.31. The van der Waals surface area contributed by atoms with Crippen molar-refractivity contribution < 1.29 is 14.6 Å². The van der Waals surface area contributed by atoms with E-state index in [1.165, 1.54) is 0 Å². The average molecular weight is 267 g/mol. The van der Waals surface area contributed by atoms with Gasteiger partial charge in [-0.1, -0.05) is 19.9 Å². The molecule has 3 rings (SSSR count). The van der Waals surface area contributed by atoms with Gasteiger partial charge in [-0.3, -0.25) is 4.90 Å². The molecule has 0 saturated carbocycles. The fraction of sp³-hybridized carbons (Fsp3) is 0.800. The van der Waals surface area contributed by atoms with Gasteiger partial charge in [0.2, 0.25) is 0 Å². The topological polar surface area (TPSA) is 49.8 Å². The quantitative estimate of drug-likeness (QED) is 0.621. The zero-order valence-corrected chi connectivity index (χ0v) is 12.1. The molecular formula is C15H25NO3. The summed E-state index contributed by atoms with van der Waals surface area (Å²) in [7, 11) is 0. The van der Waals surface area contributed by atoms with E-state index in [1.807, 2.05) is 13.8 Å². The predicted octanol–water partition coefficient (Wildman–Crippen LogP) is 1.59. The molecule has 2 bridgehead atoms. The number of piperidine rings is 3. The summed E-state index contributed by atoms with van der Waals surface area (Å²) in [5, 5.41) is 10.5. The smallest absolute Gasteiger partial charge is 0.342 e. The van der Waals surface area contributed by atoms with Crippen LogP contribution in [0, 0.1) is 11.8 Å². The van der Waals surface area contributed by atoms with Gasteiger partial charge in [-0.2, -0.15) is 0 Å². The average Bonchev–Trinajstić information content (AvgIpc) is 2.40. The normalized spacial score (nSPS) is 33.6. The first-order chi connectivity index (χ1) is 8.97. The standard InChI is InChI=1S/C15H25NO3/c1-4-7-15(18,11(2)3)14(17)19-13-10-16-8-5-12(13)6-9-16/h4,7,11-13,18H,5-6,8-10H2,1-3H3/b7-4+. The van der Waals surface area contributed by atoms with Gasteiger partial charge in [0.05, 0.1) is 0 Å². The minimum Gasteiger partial charge on any atom is -0.458 e. The van der Waals surface area contributed by atoms with E-state index in [4.69, 9.17) is 4.74 Å². The molecular weight excluding hydrogens is 242 g/mol. The van der Waals surface area contributed by atoms with Crippen LogP contribution in [0.2, 0.25) is 0 Å². The second-order valence-corrected chi connectivity index (χ2v) is 6.06. The zero-order valence-electron chi connectivity index (χ0n) is 12.1. The van der Waals surface area contributed by atoms with Crippen molar-refractivity contribution >= 4 is 5.97 Å². The number of carbonyl (C=O) groups excluding carboxylic acids is 1. The van der Waals surface area contributed by atoms with Gasteiger partial charge in [0, 0.05) is 6.54 Å². The van der Waals surface area contributed by atoms with Crippen molar-refractivity contribution in [3.8, 4) is 0 Å². The van der Waals surface area contributed by atoms with Crippen LogP contribution in [0.15, 0.2) is 12.2 Å². The Labute approximate surface area is 115 Å². The Kier molecular flexibility index (Phi) is 4.31. The van der Waals surface area contributed by atoms with Gasteiger partial charge in [0.25, 0.3) is 0 Å². The monoisotopic (exact) mass is 267 g/mol. The van der Waals surface area contributed by atoms with E-state index in [9.17, 15) is 9.90 Å². The van der Waals surface area contributed by atoms with Gasteiger partial charge in [-0.25, -0.2) is 4.79 Å². The maximum Gasteiger partial charge on any atom is 0.342 e. The summed E-state index contributed by atoms with van der Waals surface area (Å²) in [6, 6.07) is 0. The Hall–Kier alpha value is -0.870. The molecule has 19 heavy (non-hydrogen) atoms. The first-order valence-electron chi connectivity index (χ1n) is 7.27. The molecule has 0 aromatic rings. The van der Waals surface area contributed by atoms with E-state index >= 15 is 0 Å². The Morgan fingerprint density at radius 1 is 1.42 bits per heavy atom. The number of aliphatic hydroxyl groups is 1. The molecule has 2 unspecified atom stereocenters. The fourth-order valence-electron chi connectivity index (χ4n) is 3.03. The summed E-state index contributed by atoms with van der Waals surface area (Å²) in [6.07, 6.45) is 5.40. The molecule has 2 atom stereocenters. The number of nitrogens with zero attached hydrogens (tertiary/aromatic N) is 1. The number of allylic oxidation sites excluding steroid dienone is 1. The van der Waals surface area contributed by atoms with Crippen LogP contribution in [-0.4, -0.2) is 47.3 Å². The van der Waals surface area contributed by atoms with Crippen LogP contribution < -0.4 is 0 Å². The van der Waals surface area contributed by atoms with Gasteiger partial charge in [-0.05, 0) is 50.8 Å². The number of ether oxygens (including phenoxy) is 1. The van der Waals surface area contributed by atoms with Gasteiger partial charge < -0.3 is 9.84 Å². The van der Waals surface area contributed by atoms with Crippen molar-refractivity contribution in [2.45, 2.75) is 45.3 Å². The fourth-order valence-corrected chi connectivity index (χ4v) is 3.03. The second kappa shape index (κ2) is 5.63. The van der Waals surface area contributed by atoms with E-state index in [2.05, 4.69) is 4.90 Å². The molecule has 108 valence electrons. The van der Waals surface area contributed by atoms with E-state index < -0.39 is 11.6 Å². The minimum atomic E-state index is -1.50. The largest absolute Gasteiger partial charge is 0.458 e. The highest BCUT2D eigenvalue weighted by atomic mass is 16.6. The summed E-state index contributed by atoms with van der Waals surface area (Å²) in [5.41, 5.74) is -1.50. The number of rotatable bonds is 4. The van der Waals surface area contributed by atoms with Crippen molar-refractivity contribution in [3.05, 3.63) is 12.2 Å². The number of hydrogen-bond donors (Lipinski definition) is 1. The highest BCUT2D eigenvalue weighted by molar-refractivity contribution is 5.82. The third-order valence-corrected chi connectivity index (χ3v) is 4.48. The number of esters is 1. The number of carbonyl (C=O) groups is 1. The highest BCUT2D eigenvalue weighted by Gasteiger charge is 2.43. The lowest BCUT2D eigenvalue weighted by Crippen LogP contribution is -2.54. The van der Waals surface area contributed by atoms with Crippen LogP contribution in [0.1, 0.15) is 33.6 Å². The van der Waals surface area contributed by atoms with Gasteiger partial charge in [0.1, 0.15) is 6.10 Å². The van der Waals surface area contributed by atoms with Crippen molar-refractivity contribution in [3.63, 3.8) is 0 Å². The molecule has 3 saturated heterocycles. The van der Waals surface area contributed by atoms with Crippen molar-refractivity contribution in [2.24, 2.45) is 11.8 Å². The molecule has 3 fully saturated rings. The van der Waals surface area contributed by atoms with Gasteiger partial charge in [-0.15, -0.1) is 0 Å². The van der Waals surface area contributed by atoms with Crippen molar-refractivity contribution in [2.75, 3.05) is 19.6 Å². The SMILES string of the molecule is C/C=C/C(O)(C(=O)OC1CN2CCC1CC2)C(C)C. The Balaban J connectivity index is 2.03. The maximum atomic E-state index is 12.3. The minimum absolute atomic E-state index is 0.0504. The Morgan fingerprint density at radius 3 is 2.47 bits per heavy atom. The summed E-state index contributed by atoms with van der Waals surface area (Å²) >= 11 is 0. The van der Waals surface area contributed by atoms with Crippen LogP contribution in [0.25, 0.3) is 0 Å². The predicted molar refractivity (Wildman–Crippen MR) is 73.6 cm³/mol. The van der Waals surface area contributed by atoms with Crippen LogP contribution in [-0.2, 0) is 9.53 Å².